The number of allylic oxidation sites excluding steroid dienone is 2. The van der Waals surface area contributed by atoms with Crippen LogP contribution in [0.5, 0.6) is 0 Å². The highest BCUT2D eigenvalue weighted by Gasteiger charge is 2.13. The fourth-order valence-corrected chi connectivity index (χ4v) is 3.24. The topological polar surface area (TPSA) is 85.2 Å². The van der Waals surface area contributed by atoms with Crippen LogP contribution in [0.4, 0.5) is 0 Å². The number of carbonyl (C=O) groups excluding carboxylic acids is 1. The summed E-state index contributed by atoms with van der Waals surface area (Å²) in [4.78, 5) is 11.9. The standard InChI is InChI=1S/C25H48O6/c1-2-3-4-5-6-7-8-9-10-11-12-13-14-15-16-17-25(28)31-23-24(30-21-19-27)22-29-20-18-26/h9-10,24,26-27H,2-8,11-23H2,1H3/b10-9-. The first kappa shape index (κ1) is 30.0. The Morgan fingerprint density at radius 1 is 0.774 bits per heavy atom. The molecule has 6 heteroatoms. The Kier molecular flexibility index (Phi) is 24.5. The quantitative estimate of drug-likeness (QED) is 0.124. The molecule has 0 fully saturated rings. The highest BCUT2D eigenvalue weighted by Crippen LogP contribution is 2.10. The SMILES string of the molecule is CCCCCCCC/C=C\CCCCCCCC(=O)OCC(COCCO)OCCO. The van der Waals surface area contributed by atoms with Gasteiger partial charge in [0, 0.05) is 6.42 Å². The van der Waals surface area contributed by atoms with E-state index in [1.54, 1.807) is 0 Å². The van der Waals surface area contributed by atoms with Gasteiger partial charge in [-0.25, -0.2) is 0 Å². The van der Waals surface area contributed by atoms with Gasteiger partial charge in [-0.1, -0.05) is 70.4 Å². The van der Waals surface area contributed by atoms with Crippen molar-refractivity contribution in [2.75, 3.05) is 39.6 Å². The third-order valence-corrected chi connectivity index (χ3v) is 5.06. The minimum Gasteiger partial charge on any atom is -0.463 e. The lowest BCUT2D eigenvalue weighted by atomic mass is 10.1. The molecule has 6 nitrogen and oxygen atoms in total. The number of carbonyl (C=O) groups is 1. The van der Waals surface area contributed by atoms with Crippen LogP contribution in [0.15, 0.2) is 12.2 Å². The van der Waals surface area contributed by atoms with Crippen molar-refractivity contribution in [1.29, 1.82) is 0 Å². The molecule has 0 spiro atoms. The molecule has 31 heavy (non-hydrogen) atoms. The number of rotatable bonds is 24. The van der Waals surface area contributed by atoms with E-state index in [2.05, 4.69) is 19.1 Å². The first-order valence-electron chi connectivity index (χ1n) is 12.5. The van der Waals surface area contributed by atoms with Crippen molar-refractivity contribution in [2.45, 2.75) is 103 Å². The zero-order valence-corrected chi connectivity index (χ0v) is 19.9. The molecule has 0 aromatic rings. The van der Waals surface area contributed by atoms with Crippen molar-refractivity contribution in [3.8, 4) is 0 Å². The van der Waals surface area contributed by atoms with Gasteiger partial charge >= 0.3 is 5.97 Å². The number of hydrogen-bond acceptors (Lipinski definition) is 6. The Balaban J connectivity index is 3.52. The maximum Gasteiger partial charge on any atom is 0.305 e. The fraction of sp³-hybridized carbons (Fsp3) is 0.880. The van der Waals surface area contributed by atoms with Crippen molar-refractivity contribution in [3.05, 3.63) is 12.2 Å². The largest absolute Gasteiger partial charge is 0.463 e. The summed E-state index contributed by atoms with van der Waals surface area (Å²) in [7, 11) is 0. The normalized spacial score (nSPS) is 12.5. The van der Waals surface area contributed by atoms with Gasteiger partial charge < -0.3 is 24.4 Å². The molecule has 0 aliphatic rings. The van der Waals surface area contributed by atoms with Crippen LogP contribution in [0.2, 0.25) is 0 Å². The van der Waals surface area contributed by atoms with Gasteiger partial charge in [-0.05, 0) is 32.1 Å². The first-order valence-corrected chi connectivity index (χ1v) is 12.5. The molecule has 1 atom stereocenters. The number of aliphatic hydroxyl groups excluding tert-OH is 2. The van der Waals surface area contributed by atoms with Gasteiger partial charge in [0.25, 0.3) is 0 Å². The van der Waals surface area contributed by atoms with Crippen LogP contribution in [0.1, 0.15) is 96.8 Å². The number of ether oxygens (including phenoxy) is 3. The maximum absolute atomic E-state index is 11.9. The van der Waals surface area contributed by atoms with Gasteiger partial charge in [-0.2, -0.15) is 0 Å². The molecule has 0 amide bonds. The van der Waals surface area contributed by atoms with E-state index in [-0.39, 0.29) is 45.6 Å². The summed E-state index contributed by atoms with van der Waals surface area (Å²) in [6.45, 7) is 2.80. The molecule has 0 aliphatic carbocycles. The minimum atomic E-state index is -0.420. The van der Waals surface area contributed by atoms with Crippen LogP contribution in [0.25, 0.3) is 0 Å². The number of hydrogen-bond donors (Lipinski definition) is 2. The Morgan fingerprint density at radius 2 is 1.35 bits per heavy atom. The van der Waals surface area contributed by atoms with E-state index in [4.69, 9.17) is 24.4 Å². The molecule has 1 unspecified atom stereocenters. The molecule has 0 rings (SSSR count). The summed E-state index contributed by atoms with van der Waals surface area (Å²) in [6.07, 6.45) is 20.6. The van der Waals surface area contributed by atoms with Crippen LogP contribution in [0.3, 0.4) is 0 Å². The summed E-state index contributed by atoms with van der Waals surface area (Å²) in [6, 6.07) is 0. The van der Waals surface area contributed by atoms with Crippen molar-refractivity contribution in [3.63, 3.8) is 0 Å². The second-order valence-electron chi connectivity index (χ2n) is 8.03. The lowest BCUT2D eigenvalue weighted by Crippen LogP contribution is -2.28. The molecular formula is C25H48O6. The fourth-order valence-electron chi connectivity index (χ4n) is 3.24. The summed E-state index contributed by atoms with van der Waals surface area (Å²) in [5.41, 5.74) is 0. The summed E-state index contributed by atoms with van der Waals surface area (Å²) < 4.78 is 15.8. The third-order valence-electron chi connectivity index (χ3n) is 5.06. The summed E-state index contributed by atoms with van der Waals surface area (Å²) in [5.74, 6) is -0.225. The predicted molar refractivity (Wildman–Crippen MR) is 125 cm³/mol. The highest BCUT2D eigenvalue weighted by molar-refractivity contribution is 5.69. The monoisotopic (exact) mass is 444 g/mol. The van der Waals surface area contributed by atoms with Crippen molar-refractivity contribution < 1.29 is 29.2 Å². The van der Waals surface area contributed by atoms with Crippen molar-refractivity contribution >= 4 is 5.97 Å². The smallest absolute Gasteiger partial charge is 0.305 e. The van der Waals surface area contributed by atoms with E-state index in [1.807, 2.05) is 0 Å². The second kappa shape index (κ2) is 25.3. The van der Waals surface area contributed by atoms with Crippen LogP contribution in [0, 0.1) is 0 Å². The van der Waals surface area contributed by atoms with Gasteiger partial charge in [0.15, 0.2) is 0 Å². The highest BCUT2D eigenvalue weighted by atomic mass is 16.6. The maximum atomic E-state index is 11.9. The number of esters is 1. The Bertz CT molecular complexity index is 399. The molecular weight excluding hydrogens is 396 g/mol. The molecule has 2 N–H and O–H groups in total. The van der Waals surface area contributed by atoms with Gasteiger partial charge in [-0.3, -0.25) is 4.79 Å². The molecule has 0 heterocycles. The average molecular weight is 445 g/mol. The molecule has 0 aromatic carbocycles. The van der Waals surface area contributed by atoms with E-state index >= 15 is 0 Å². The van der Waals surface area contributed by atoms with Crippen LogP contribution < -0.4 is 0 Å². The second-order valence-corrected chi connectivity index (χ2v) is 8.03. The Hall–Kier alpha value is -0.950. The molecule has 0 saturated carbocycles. The van der Waals surface area contributed by atoms with Gasteiger partial charge in [-0.15, -0.1) is 0 Å². The van der Waals surface area contributed by atoms with Crippen LogP contribution >= 0.6 is 0 Å². The molecule has 0 bridgehead atoms. The molecule has 0 radical (unpaired) electrons. The summed E-state index contributed by atoms with van der Waals surface area (Å²) >= 11 is 0. The predicted octanol–water partition coefficient (Wildman–Crippen LogP) is 4.95. The lowest BCUT2D eigenvalue weighted by molar-refractivity contribution is -0.150. The zero-order chi connectivity index (χ0) is 22.8. The van der Waals surface area contributed by atoms with Crippen LogP contribution in [-0.4, -0.2) is 61.9 Å². The van der Waals surface area contributed by atoms with Crippen molar-refractivity contribution in [2.24, 2.45) is 0 Å². The van der Waals surface area contributed by atoms with Gasteiger partial charge in [0.1, 0.15) is 12.7 Å². The molecule has 0 saturated heterocycles. The van der Waals surface area contributed by atoms with E-state index in [0.717, 1.165) is 25.7 Å². The van der Waals surface area contributed by atoms with Crippen molar-refractivity contribution in [1.82, 2.24) is 0 Å². The first-order chi connectivity index (χ1) is 15.2. The van der Waals surface area contributed by atoms with Gasteiger partial charge in [0.2, 0.25) is 0 Å². The number of unbranched alkanes of at least 4 members (excludes halogenated alkanes) is 11. The average Bonchev–Trinajstić information content (AvgIpc) is 2.78. The third kappa shape index (κ3) is 23.5. The zero-order valence-electron chi connectivity index (χ0n) is 19.9. The summed E-state index contributed by atoms with van der Waals surface area (Å²) in [5, 5.41) is 17.6. The number of aliphatic hydroxyl groups is 2. The Labute approximate surface area is 190 Å². The van der Waals surface area contributed by atoms with E-state index < -0.39 is 6.10 Å². The van der Waals surface area contributed by atoms with Crippen LogP contribution in [-0.2, 0) is 19.0 Å². The molecule has 0 aromatic heterocycles. The minimum absolute atomic E-state index is 0.0675. The molecule has 0 aliphatic heterocycles. The molecule has 184 valence electrons. The Morgan fingerprint density at radius 3 is 1.97 bits per heavy atom. The van der Waals surface area contributed by atoms with E-state index in [0.29, 0.717) is 6.42 Å². The van der Waals surface area contributed by atoms with E-state index in [9.17, 15) is 4.79 Å². The van der Waals surface area contributed by atoms with E-state index in [1.165, 1.54) is 57.8 Å². The lowest BCUT2D eigenvalue weighted by Gasteiger charge is -2.17. The van der Waals surface area contributed by atoms with Gasteiger partial charge in [0.05, 0.1) is 33.0 Å².